The van der Waals surface area contributed by atoms with E-state index in [1.165, 1.54) is 16.3 Å². The molecule has 3 heterocycles. The Morgan fingerprint density at radius 3 is 2.64 bits per heavy atom. The number of likely N-dealkylation sites (tertiary alicyclic amines) is 1. The molecule has 0 bridgehead atoms. The van der Waals surface area contributed by atoms with E-state index < -0.39 is 16.1 Å². The van der Waals surface area contributed by atoms with Gasteiger partial charge in [0.25, 0.3) is 10.0 Å². The van der Waals surface area contributed by atoms with E-state index in [2.05, 4.69) is 38.1 Å². The maximum Gasteiger partial charge on any atom is 0.333 e. The number of nitrogens with zero attached hydrogens (tertiary/aromatic N) is 4. The van der Waals surface area contributed by atoms with Crippen LogP contribution >= 0.6 is 0 Å². The van der Waals surface area contributed by atoms with E-state index in [-0.39, 0.29) is 17.2 Å². The lowest BCUT2D eigenvalue weighted by atomic mass is 9.93. The fourth-order valence-corrected chi connectivity index (χ4v) is 6.21. The van der Waals surface area contributed by atoms with Gasteiger partial charge in [-0.25, -0.2) is 14.5 Å². The van der Waals surface area contributed by atoms with Crippen molar-refractivity contribution in [2.24, 2.45) is 0 Å². The third-order valence-corrected chi connectivity index (χ3v) is 8.65. The van der Waals surface area contributed by atoms with Gasteiger partial charge in [-0.1, -0.05) is 6.07 Å². The van der Waals surface area contributed by atoms with Gasteiger partial charge in [-0.05, 0) is 94.3 Å². The topological polar surface area (TPSA) is 118 Å². The molecule has 2 N–H and O–H groups in total. The normalized spacial score (nSPS) is 16.3. The molecule has 1 saturated heterocycles. The molecule has 39 heavy (non-hydrogen) atoms. The zero-order valence-electron chi connectivity index (χ0n) is 22.9. The van der Waals surface area contributed by atoms with E-state index in [1.54, 1.807) is 12.4 Å². The summed E-state index contributed by atoms with van der Waals surface area (Å²) < 4.78 is 35.7. The van der Waals surface area contributed by atoms with E-state index in [9.17, 15) is 13.2 Å². The Morgan fingerprint density at radius 2 is 1.92 bits per heavy atom. The van der Waals surface area contributed by atoms with Gasteiger partial charge in [0.2, 0.25) is 5.88 Å². The summed E-state index contributed by atoms with van der Waals surface area (Å²) in [7, 11) is -2.04. The maximum atomic E-state index is 13.1. The molecule has 0 saturated carbocycles. The van der Waals surface area contributed by atoms with Gasteiger partial charge >= 0.3 is 6.03 Å². The van der Waals surface area contributed by atoms with Crippen LogP contribution in [0.15, 0.2) is 41.7 Å². The van der Waals surface area contributed by atoms with E-state index in [0.717, 1.165) is 67.4 Å². The number of amides is 2. The summed E-state index contributed by atoms with van der Waals surface area (Å²) in [6.45, 7) is 7.76. The fourth-order valence-electron chi connectivity index (χ4n) is 5.37. The summed E-state index contributed by atoms with van der Waals surface area (Å²) in [5.74, 6) is 0.542. The molecule has 208 valence electrons. The minimum absolute atomic E-state index is 0.00565. The molecule has 1 aliphatic heterocycles. The number of nitrogens with one attached hydrogen (secondary N) is 2. The van der Waals surface area contributed by atoms with E-state index in [0.29, 0.717) is 11.6 Å². The number of anilines is 1. The van der Waals surface area contributed by atoms with Crippen molar-refractivity contribution in [3.63, 3.8) is 0 Å². The van der Waals surface area contributed by atoms with Crippen molar-refractivity contribution in [2.45, 2.75) is 70.0 Å². The van der Waals surface area contributed by atoms with Crippen LogP contribution in [-0.4, -0.2) is 60.4 Å². The second-order valence-electron chi connectivity index (χ2n) is 10.7. The van der Waals surface area contributed by atoms with E-state index in [1.807, 2.05) is 32.9 Å². The van der Waals surface area contributed by atoms with Crippen LogP contribution in [-0.2, 0) is 22.9 Å². The molecule has 11 heteroatoms. The third kappa shape index (κ3) is 5.94. The molecule has 0 atom stereocenters. The molecule has 0 unspecified atom stereocenters. The highest BCUT2D eigenvalue weighted by Gasteiger charge is 2.26. The van der Waals surface area contributed by atoms with Crippen molar-refractivity contribution in [1.29, 1.82) is 0 Å². The lowest BCUT2D eigenvalue weighted by Gasteiger charge is -2.29. The standard InChI is InChI=1S/C28H36N6O4S/c1-18(2)34-15-11-25(31-34)39(36,37)32-28(35)30-27-23-7-5-6-20(23)16-19(3)26(27)21-8-12-29-24(17-21)38-22-9-13-33(4)14-10-22/h8,11-12,15-18,22H,5-7,9-10,13-14H2,1-4H3,(H2,30,32,35). The van der Waals surface area contributed by atoms with Crippen LogP contribution in [0.1, 0.15) is 55.8 Å². The van der Waals surface area contributed by atoms with Crippen LogP contribution in [0.2, 0.25) is 0 Å². The molecule has 1 aliphatic carbocycles. The highest BCUT2D eigenvalue weighted by molar-refractivity contribution is 7.90. The average Bonchev–Trinajstić information content (AvgIpc) is 3.56. The Hall–Kier alpha value is -3.44. The monoisotopic (exact) mass is 552 g/mol. The molecule has 2 aromatic heterocycles. The first kappa shape index (κ1) is 27.1. The molecular formula is C28H36N6O4S. The number of rotatable bonds is 7. The SMILES string of the molecule is Cc1cc2c(c(NC(=O)NS(=O)(=O)c3ccn(C(C)C)n3)c1-c1ccnc(OC3CCN(C)CC3)c1)CCC2. The number of piperidine rings is 1. The zero-order chi connectivity index (χ0) is 27.7. The fraction of sp³-hybridized carbons (Fsp3) is 0.464. The number of aryl methyl sites for hydroxylation is 2. The van der Waals surface area contributed by atoms with Crippen LogP contribution in [0.3, 0.4) is 0 Å². The van der Waals surface area contributed by atoms with Crippen molar-refractivity contribution < 1.29 is 17.9 Å². The molecule has 2 aliphatic rings. The number of urea groups is 1. The smallest absolute Gasteiger partial charge is 0.333 e. The van der Waals surface area contributed by atoms with Gasteiger partial charge in [-0.15, -0.1) is 0 Å². The first-order valence-corrected chi connectivity index (χ1v) is 14.9. The molecule has 3 aromatic rings. The number of fused-ring (bicyclic) bond motifs is 1. The highest BCUT2D eigenvalue weighted by Crippen LogP contribution is 2.41. The Balaban J connectivity index is 1.43. The molecule has 1 fully saturated rings. The number of sulfonamides is 1. The quantitative estimate of drug-likeness (QED) is 0.448. The van der Waals surface area contributed by atoms with E-state index >= 15 is 0 Å². The molecule has 5 rings (SSSR count). The van der Waals surface area contributed by atoms with Crippen LogP contribution in [0, 0.1) is 6.92 Å². The van der Waals surface area contributed by atoms with Gasteiger partial charge in [0.05, 0.1) is 5.69 Å². The highest BCUT2D eigenvalue weighted by atomic mass is 32.2. The number of hydrogen-bond donors (Lipinski definition) is 2. The second kappa shape index (κ2) is 11.0. The summed E-state index contributed by atoms with van der Waals surface area (Å²) >= 11 is 0. The predicted molar refractivity (Wildman–Crippen MR) is 150 cm³/mol. The van der Waals surface area contributed by atoms with Gasteiger partial charge in [-0.2, -0.15) is 13.5 Å². The van der Waals surface area contributed by atoms with Crippen LogP contribution in [0.5, 0.6) is 5.88 Å². The molecular weight excluding hydrogens is 516 g/mol. The second-order valence-corrected chi connectivity index (χ2v) is 12.4. The lowest BCUT2D eigenvalue weighted by Crippen LogP contribution is -2.35. The first-order valence-electron chi connectivity index (χ1n) is 13.5. The third-order valence-electron chi connectivity index (χ3n) is 7.43. The summed E-state index contributed by atoms with van der Waals surface area (Å²) in [6.07, 6.45) is 7.97. The van der Waals surface area contributed by atoms with Gasteiger partial charge in [0, 0.05) is 43.2 Å². The summed E-state index contributed by atoms with van der Waals surface area (Å²) in [5, 5.41) is 6.78. The van der Waals surface area contributed by atoms with Crippen LogP contribution in [0.25, 0.3) is 11.1 Å². The van der Waals surface area contributed by atoms with Gasteiger partial charge < -0.3 is 15.0 Å². The van der Waals surface area contributed by atoms with Crippen LogP contribution < -0.4 is 14.8 Å². The van der Waals surface area contributed by atoms with Crippen molar-refractivity contribution in [2.75, 3.05) is 25.5 Å². The van der Waals surface area contributed by atoms with Gasteiger partial charge in [0.1, 0.15) is 6.10 Å². The van der Waals surface area contributed by atoms with Crippen molar-refractivity contribution in [3.05, 3.63) is 53.3 Å². The van der Waals surface area contributed by atoms with Crippen molar-refractivity contribution >= 4 is 21.7 Å². The molecule has 2 amide bonds. The number of aromatic nitrogens is 3. The Morgan fingerprint density at radius 1 is 1.15 bits per heavy atom. The lowest BCUT2D eigenvalue weighted by molar-refractivity contribution is 0.110. The summed E-state index contributed by atoms with van der Waals surface area (Å²) in [4.78, 5) is 19.8. The molecule has 0 radical (unpaired) electrons. The molecule has 0 spiro atoms. The van der Waals surface area contributed by atoms with Gasteiger partial charge in [-0.3, -0.25) is 4.68 Å². The number of carbonyl (C=O) groups excluding carboxylic acids is 1. The Kier molecular flexibility index (Phi) is 7.64. The predicted octanol–water partition coefficient (Wildman–Crippen LogP) is 4.31. The number of ether oxygens (including phenoxy) is 1. The van der Waals surface area contributed by atoms with Crippen molar-refractivity contribution in [3.8, 4) is 17.0 Å². The van der Waals surface area contributed by atoms with E-state index in [4.69, 9.17) is 4.74 Å². The maximum absolute atomic E-state index is 13.1. The Bertz CT molecular complexity index is 1480. The Labute approximate surface area is 229 Å². The summed E-state index contributed by atoms with van der Waals surface area (Å²) in [6, 6.07) is 6.51. The first-order chi connectivity index (χ1) is 18.6. The zero-order valence-corrected chi connectivity index (χ0v) is 23.7. The minimum Gasteiger partial charge on any atom is -0.474 e. The molecule has 10 nitrogen and oxygen atoms in total. The largest absolute Gasteiger partial charge is 0.474 e. The van der Waals surface area contributed by atoms with Crippen LogP contribution in [0.4, 0.5) is 10.5 Å². The average molecular weight is 553 g/mol. The van der Waals surface area contributed by atoms with Crippen molar-refractivity contribution in [1.82, 2.24) is 24.4 Å². The number of pyridine rings is 1. The number of benzene rings is 1. The van der Waals surface area contributed by atoms with Gasteiger partial charge in [0.15, 0.2) is 5.03 Å². The number of carbonyl (C=O) groups is 1. The molecule has 1 aromatic carbocycles. The minimum atomic E-state index is -4.15. The number of hydrogen-bond acceptors (Lipinski definition) is 7. The summed E-state index contributed by atoms with van der Waals surface area (Å²) in [5.41, 5.74) is 5.50.